The molecule has 0 radical (unpaired) electrons. The van der Waals surface area contributed by atoms with Crippen molar-refractivity contribution in [2.24, 2.45) is 0 Å². The smallest absolute Gasteiger partial charge is 0.276 e. The Kier molecular flexibility index (Phi) is 6.57. The third-order valence-electron chi connectivity index (χ3n) is 5.94. The summed E-state index contributed by atoms with van der Waals surface area (Å²) in [7, 11) is 0. The Morgan fingerprint density at radius 1 is 0.889 bits per heavy atom. The topological polar surface area (TPSA) is 93.5 Å². The first-order valence-electron chi connectivity index (χ1n) is 11.7. The van der Waals surface area contributed by atoms with Gasteiger partial charge in [0.05, 0.1) is 6.54 Å². The maximum atomic E-state index is 13.0. The number of para-hydroxylation sites is 2. The summed E-state index contributed by atoms with van der Waals surface area (Å²) >= 11 is 0. The average molecular weight is 481 g/mol. The lowest BCUT2D eigenvalue weighted by Crippen LogP contribution is -2.29. The number of hydrogen-bond donors (Lipinski definition) is 1. The Bertz CT molecular complexity index is 1450. The van der Waals surface area contributed by atoms with Gasteiger partial charge in [0.15, 0.2) is 0 Å². The van der Waals surface area contributed by atoms with Crippen molar-refractivity contribution in [3.8, 4) is 5.75 Å². The molecule has 0 aliphatic carbocycles. The molecule has 4 aromatic rings. The molecule has 0 saturated heterocycles. The number of nitrogens with zero attached hydrogens (tertiary/aromatic N) is 3. The quantitative estimate of drug-likeness (QED) is 0.435. The van der Waals surface area contributed by atoms with Gasteiger partial charge in [0, 0.05) is 29.5 Å². The predicted molar refractivity (Wildman–Crippen MR) is 137 cm³/mol. The Morgan fingerprint density at radius 3 is 2.44 bits per heavy atom. The summed E-state index contributed by atoms with van der Waals surface area (Å²) in [5.74, 6) is 0.153. The number of hydrogen-bond acceptors (Lipinski definition) is 5. The number of fused-ring (bicyclic) bond motifs is 1. The van der Waals surface area contributed by atoms with Gasteiger partial charge in [-0.3, -0.25) is 14.4 Å². The van der Waals surface area contributed by atoms with Crippen molar-refractivity contribution in [3.05, 3.63) is 118 Å². The van der Waals surface area contributed by atoms with Crippen molar-refractivity contribution in [1.82, 2.24) is 9.78 Å². The highest BCUT2D eigenvalue weighted by atomic mass is 16.5. The van der Waals surface area contributed by atoms with Gasteiger partial charge in [-0.05, 0) is 60.5 Å². The van der Waals surface area contributed by atoms with Crippen molar-refractivity contribution in [1.29, 1.82) is 0 Å². The monoisotopic (exact) mass is 480 g/mol. The Balaban J connectivity index is 1.22. The standard InChI is InChI=1S/C28H24N4O4/c33-26-15-14-24(30-32(26)18-19-36-23-7-2-1-3-8-23)27(34)29-22-12-10-21(11-13-22)28(35)31-17-16-20-6-4-5-9-25(20)31/h1-15H,16-19H2,(H,29,34). The molecule has 1 aliphatic rings. The van der Waals surface area contributed by atoms with Gasteiger partial charge < -0.3 is 15.0 Å². The lowest BCUT2D eigenvalue weighted by atomic mass is 10.1. The van der Waals surface area contributed by atoms with Gasteiger partial charge in [0.25, 0.3) is 17.4 Å². The molecule has 0 spiro atoms. The van der Waals surface area contributed by atoms with Gasteiger partial charge in [0.2, 0.25) is 0 Å². The van der Waals surface area contributed by atoms with Crippen LogP contribution in [0.5, 0.6) is 5.75 Å². The van der Waals surface area contributed by atoms with Crippen molar-refractivity contribution in [3.63, 3.8) is 0 Å². The minimum atomic E-state index is -0.458. The molecule has 3 aromatic carbocycles. The fourth-order valence-electron chi connectivity index (χ4n) is 4.09. The normalized spacial score (nSPS) is 12.2. The fourth-order valence-corrected chi connectivity index (χ4v) is 4.09. The largest absolute Gasteiger partial charge is 0.492 e. The number of anilines is 2. The minimum Gasteiger partial charge on any atom is -0.492 e. The van der Waals surface area contributed by atoms with E-state index in [0.717, 1.165) is 17.7 Å². The lowest BCUT2D eigenvalue weighted by Gasteiger charge is -2.17. The highest BCUT2D eigenvalue weighted by molar-refractivity contribution is 6.08. The molecule has 2 heterocycles. The van der Waals surface area contributed by atoms with Crippen LogP contribution in [0.4, 0.5) is 11.4 Å². The van der Waals surface area contributed by atoms with Gasteiger partial charge in [-0.1, -0.05) is 36.4 Å². The molecule has 0 fully saturated rings. The summed E-state index contributed by atoms with van der Waals surface area (Å²) in [6.45, 7) is 1.08. The molecule has 8 nitrogen and oxygen atoms in total. The Labute approximate surface area is 207 Å². The first-order valence-corrected chi connectivity index (χ1v) is 11.7. The summed E-state index contributed by atoms with van der Waals surface area (Å²) in [5.41, 5.74) is 2.93. The van der Waals surface area contributed by atoms with Gasteiger partial charge in [-0.2, -0.15) is 5.10 Å². The van der Waals surface area contributed by atoms with Gasteiger partial charge >= 0.3 is 0 Å². The number of aromatic nitrogens is 2. The fraction of sp³-hybridized carbons (Fsp3) is 0.143. The molecule has 0 unspecified atom stereocenters. The van der Waals surface area contributed by atoms with Crippen LogP contribution in [0.15, 0.2) is 95.8 Å². The second-order valence-corrected chi connectivity index (χ2v) is 8.31. The van der Waals surface area contributed by atoms with E-state index in [1.165, 1.54) is 16.8 Å². The number of nitrogens with one attached hydrogen (secondary N) is 1. The summed E-state index contributed by atoms with van der Waals surface area (Å²) in [6.07, 6.45) is 0.837. The van der Waals surface area contributed by atoms with Crippen LogP contribution >= 0.6 is 0 Å². The third kappa shape index (κ3) is 5.02. The van der Waals surface area contributed by atoms with E-state index >= 15 is 0 Å². The predicted octanol–water partition coefficient (Wildman–Crippen LogP) is 3.78. The molecule has 36 heavy (non-hydrogen) atoms. The zero-order valence-corrected chi connectivity index (χ0v) is 19.5. The van der Waals surface area contributed by atoms with Gasteiger partial charge in [-0.25, -0.2) is 4.68 Å². The van der Waals surface area contributed by atoms with E-state index in [1.54, 1.807) is 29.2 Å². The van der Waals surface area contributed by atoms with E-state index < -0.39 is 5.91 Å². The van der Waals surface area contributed by atoms with Crippen LogP contribution in [-0.2, 0) is 13.0 Å². The van der Waals surface area contributed by atoms with Crippen LogP contribution in [0.3, 0.4) is 0 Å². The second kappa shape index (κ2) is 10.3. The maximum absolute atomic E-state index is 13.0. The molecule has 1 aliphatic heterocycles. The highest BCUT2D eigenvalue weighted by Crippen LogP contribution is 2.29. The van der Waals surface area contributed by atoms with Crippen LogP contribution in [0.25, 0.3) is 0 Å². The molecule has 180 valence electrons. The molecular weight excluding hydrogens is 456 g/mol. The maximum Gasteiger partial charge on any atom is 0.276 e. The van der Waals surface area contributed by atoms with Crippen LogP contribution < -0.4 is 20.5 Å². The van der Waals surface area contributed by atoms with E-state index in [9.17, 15) is 14.4 Å². The van der Waals surface area contributed by atoms with Crippen molar-refractivity contribution < 1.29 is 14.3 Å². The summed E-state index contributed by atoms with van der Waals surface area (Å²) in [5, 5.41) is 6.94. The Hall–Kier alpha value is -4.72. The molecule has 1 N–H and O–H groups in total. The third-order valence-corrected chi connectivity index (χ3v) is 5.94. The number of carbonyl (C=O) groups is 2. The Morgan fingerprint density at radius 2 is 1.64 bits per heavy atom. The van der Waals surface area contributed by atoms with Gasteiger partial charge in [0.1, 0.15) is 18.1 Å². The van der Waals surface area contributed by atoms with Crippen LogP contribution in [0.1, 0.15) is 26.4 Å². The van der Waals surface area contributed by atoms with E-state index in [2.05, 4.69) is 10.4 Å². The van der Waals surface area contributed by atoms with Crippen LogP contribution in [-0.4, -0.2) is 34.7 Å². The number of amides is 2. The number of rotatable bonds is 7. The molecule has 2 amide bonds. The SMILES string of the molecule is O=C(Nc1ccc(C(=O)N2CCc3ccccc32)cc1)c1ccc(=O)n(CCOc2ccccc2)n1. The lowest BCUT2D eigenvalue weighted by molar-refractivity contribution is 0.0987. The van der Waals surface area contributed by atoms with E-state index in [4.69, 9.17) is 4.74 Å². The molecular formula is C28H24N4O4. The number of ether oxygens (including phenoxy) is 1. The molecule has 0 atom stereocenters. The highest BCUT2D eigenvalue weighted by Gasteiger charge is 2.25. The second-order valence-electron chi connectivity index (χ2n) is 8.31. The van der Waals surface area contributed by atoms with Crippen molar-refractivity contribution in [2.75, 3.05) is 23.4 Å². The van der Waals surface area contributed by atoms with E-state index in [1.807, 2.05) is 54.6 Å². The van der Waals surface area contributed by atoms with Crippen LogP contribution in [0.2, 0.25) is 0 Å². The van der Waals surface area contributed by atoms with Gasteiger partial charge in [-0.15, -0.1) is 0 Å². The minimum absolute atomic E-state index is 0.0794. The zero-order chi connectivity index (χ0) is 24.9. The van der Waals surface area contributed by atoms with Crippen molar-refractivity contribution >= 4 is 23.2 Å². The zero-order valence-electron chi connectivity index (χ0n) is 19.5. The summed E-state index contributed by atoms with van der Waals surface area (Å²) in [4.78, 5) is 39.7. The summed E-state index contributed by atoms with van der Waals surface area (Å²) in [6, 6.07) is 26.6. The molecule has 0 bridgehead atoms. The number of carbonyl (C=O) groups excluding carboxylic acids is 2. The first kappa shape index (κ1) is 23.0. The van der Waals surface area contributed by atoms with Crippen molar-refractivity contribution in [2.45, 2.75) is 13.0 Å². The van der Waals surface area contributed by atoms with E-state index in [0.29, 0.717) is 23.5 Å². The molecule has 1 aromatic heterocycles. The average Bonchev–Trinajstić information content (AvgIpc) is 3.34. The van der Waals surface area contributed by atoms with Crippen LogP contribution in [0, 0.1) is 0 Å². The summed E-state index contributed by atoms with van der Waals surface area (Å²) < 4.78 is 6.82. The molecule has 5 rings (SSSR count). The van der Waals surface area contributed by atoms with E-state index in [-0.39, 0.29) is 30.3 Å². The molecule has 0 saturated carbocycles. The molecule has 8 heteroatoms. The number of benzene rings is 3. The first-order chi connectivity index (χ1) is 17.6.